The van der Waals surface area contributed by atoms with Crippen molar-refractivity contribution in [3.63, 3.8) is 0 Å². The van der Waals surface area contributed by atoms with Crippen molar-refractivity contribution < 1.29 is 4.79 Å². The molecule has 2 aromatic rings. The minimum atomic E-state index is -0.163. The zero-order valence-electron chi connectivity index (χ0n) is 11.2. The van der Waals surface area contributed by atoms with Crippen molar-refractivity contribution in [3.05, 3.63) is 71.3 Å². The Hall–Kier alpha value is -2.20. The van der Waals surface area contributed by atoms with E-state index in [0.29, 0.717) is 5.13 Å². The van der Waals surface area contributed by atoms with Crippen LogP contribution in [0.3, 0.4) is 0 Å². The van der Waals surface area contributed by atoms with Crippen molar-refractivity contribution in [1.29, 1.82) is 0 Å². The summed E-state index contributed by atoms with van der Waals surface area (Å²) in [6, 6.07) is 10.2. The van der Waals surface area contributed by atoms with Gasteiger partial charge in [-0.15, -0.1) is 11.3 Å². The van der Waals surface area contributed by atoms with Gasteiger partial charge in [0.1, 0.15) is 0 Å². The second-order valence-electron chi connectivity index (χ2n) is 4.17. The van der Waals surface area contributed by atoms with E-state index in [-0.39, 0.29) is 5.91 Å². The average Bonchev–Trinajstić information content (AvgIpc) is 2.87. The number of allylic oxidation sites excluding steroid dienone is 3. The summed E-state index contributed by atoms with van der Waals surface area (Å²) in [7, 11) is 0. The molecule has 3 nitrogen and oxygen atoms in total. The lowest BCUT2D eigenvalue weighted by molar-refractivity contribution is -0.111. The molecule has 2 rings (SSSR count). The molecule has 0 aliphatic rings. The number of thiazole rings is 1. The maximum absolute atomic E-state index is 11.6. The van der Waals surface area contributed by atoms with E-state index in [2.05, 4.69) is 22.4 Å². The van der Waals surface area contributed by atoms with Gasteiger partial charge < -0.3 is 0 Å². The molecule has 0 spiro atoms. The molecule has 102 valence electrons. The number of benzene rings is 1. The van der Waals surface area contributed by atoms with Crippen molar-refractivity contribution in [2.45, 2.75) is 13.3 Å². The minimum absolute atomic E-state index is 0.163. The Bertz CT molecular complexity index is 614. The van der Waals surface area contributed by atoms with Crippen molar-refractivity contribution in [1.82, 2.24) is 4.98 Å². The Balaban J connectivity index is 1.94. The molecule has 20 heavy (non-hydrogen) atoms. The Labute approximate surface area is 122 Å². The van der Waals surface area contributed by atoms with Crippen LogP contribution in [0.1, 0.15) is 17.4 Å². The summed E-state index contributed by atoms with van der Waals surface area (Å²) in [5.74, 6) is -0.163. The van der Waals surface area contributed by atoms with E-state index in [1.165, 1.54) is 23.0 Å². The number of aromatic nitrogens is 1. The molecule has 1 amide bonds. The maximum Gasteiger partial charge on any atom is 0.250 e. The third kappa shape index (κ3) is 4.48. The average molecular weight is 284 g/mol. The quantitative estimate of drug-likeness (QED) is 0.670. The second-order valence-corrected chi connectivity index (χ2v) is 5.28. The normalized spacial score (nSPS) is 11.2. The number of carbonyl (C=O) groups is 1. The molecule has 0 fully saturated rings. The van der Waals surface area contributed by atoms with Crippen LogP contribution in [0.25, 0.3) is 0 Å². The van der Waals surface area contributed by atoms with Gasteiger partial charge in [-0.2, -0.15) is 0 Å². The lowest BCUT2D eigenvalue weighted by Gasteiger charge is -1.97. The fourth-order valence-corrected chi connectivity index (χ4v) is 2.49. The molecule has 0 aliphatic heterocycles. The molecule has 1 aromatic carbocycles. The highest BCUT2D eigenvalue weighted by molar-refractivity contribution is 7.15. The number of rotatable bonds is 5. The smallest absolute Gasteiger partial charge is 0.250 e. The first kappa shape index (κ1) is 14.2. The highest BCUT2D eigenvalue weighted by atomic mass is 32.1. The van der Waals surface area contributed by atoms with Gasteiger partial charge in [0.25, 0.3) is 0 Å². The van der Waals surface area contributed by atoms with Gasteiger partial charge in [-0.25, -0.2) is 4.98 Å². The standard InChI is InChI=1S/C16H16N2OS/c1-2-3-5-10-15(19)18-16-17-12-14(20-16)11-13-8-6-4-7-9-13/h2-10,12H,11H2,1H3,(H,17,18,19)/b3-2+,10-5+. The van der Waals surface area contributed by atoms with Gasteiger partial charge in [0, 0.05) is 23.6 Å². The predicted octanol–water partition coefficient (Wildman–Crippen LogP) is 3.80. The molecule has 0 saturated heterocycles. The predicted molar refractivity (Wildman–Crippen MR) is 83.9 cm³/mol. The maximum atomic E-state index is 11.6. The van der Waals surface area contributed by atoms with E-state index in [4.69, 9.17) is 0 Å². The summed E-state index contributed by atoms with van der Waals surface area (Å²) in [6.07, 6.45) is 9.51. The van der Waals surface area contributed by atoms with Crippen LogP contribution >= 0.6 is 11.3 Å². The van der Waals surface area contributed by atoms with Crippen molar-refractivity contribution in [3.8, 4) is 0 Å². The van der Waals surface area contributed by atoms with Gasteiger partial charge in [-0.05, 0) is 12.5 Å². The van der Waals surface area contributed by atoms with Crippen molar-refractivity contribution in [2.75, 3.05) is 5.32 Å². The Morgan fingerprint density at radius 1 is 1.30 bits per heavy atom. The first-order valence-electron chi connectivity index (χ1n) is 6.37. The van der Waals surface area contributed by atoms with Crippen LogP contribution in [0.2, 0.25) is 0 Å². The Morgan fingerprint density at radius 2 is 2.10 bits per heavy atom. The fourth-order valence-electron chi connectivity index (χ4n) is 1.65. The van der Waals surface area contributed by atoms with Crippen LogP contribution in [0.4, 0.5) is 5.13 Å². The largest absolute Gasteiger partial charge is 0.298 e. The van der Waals surface area contributed by atoms with Crippen molar-refractivity contribution >= 4 is 22.4 Å². The highest BCUT2D eigenvalue weighted by Gasteiger charge is 2.04. The lowest BCUT2D eigenvalue weighted by Crippen LogP contribution is -2.06. The number of amides is 1. The molecule has 0 radical (unpaired) electrons. The molecule has 4 heteroatoms. The van der Waals surface area contributed by atoms with Gasteiger partial charge >= 0.3 is 0 Å². The van der Waals surface area contributed by atoms with Crippen LogP contribution in [0.5, 0.6) is 0 Å². The first-order valence-corrected chi connectivity index (χ1v) is 7.18. The van der Waals surface area contributed by atoms with E-state index >= 15 is 0 Å². The monoisotopic (exact) mass is 284 g/mol. The topological polar surface area (TPSA) is 42.0 Å². The molecule has 0 atom stereocenters. The van der Waals surface area contributed by atoms with Gasteiger partial charge in [0.05, 0.1) is 0 Å². The summed E-state index contributed by atoms with van der Waals surface area (Å²) < 4.78 is 0. The minimum Gasteiger partial charge on any atom is -0.298 e. The van der Waals surface area contributed by atoms with Crippen LogP contribution in [0, 0.1) is 0 Å². The molecule has 0 saturated carbocycles. The van der Waals surface area contributed by atoms with E-state index in [1.54, 1.807) is 6.08 Å². The van der Waals surface area contributed by atoms with E-state index in [1.807, 2.05) is 43.5 Å². The first-order chi connectivity index (χ1) is 9.78. The molecule has 1 N–H and O–H groups in total. The molecular formula is C16H16N2OS. The second kappa shape index (κ2) is 7.40. The van der Waals surface area contributed by atoms with Crippen LogP contribution in [-0.4, -0.2) is 10.9 Å². The molecular weight excluding hydrogens is 268 g/mol. The lowest BCUT2D eigenvalue weighted by atomic mass is 10.1. The van der Waals surface area contributed by atoms with E-state index in [0.717, 1.165) is 11.3 Å². The number of hydrogen-bond donors (Lipinski definition) is 1. The number of carbonyl (C=O) groups excluding carboxylic acids is 1. The summed E-state index contributed by atoms with van der Waals surface area (Å²) in [5, 5.41) is 3.39. The Kier molecular flexibility index (Phi) is 5.26. The molecule has 1 aromatic heterocycles. The number of nitrogens with one attached hydrogen (secondary N) is 1. The third-order valence-electron chi connectivity index (χ3n) is 2.56. The number of nitrogens with zero attached hydrogens (tertiary/aromatic N) is 1. The Morgan fingerprint density at radius 3 is 2.85 bits per heavy atom. The van der Waals surface area contributed by atoms with Gasteiger partial charge in [0.2, 0.25) is 5.91 Å². The van der Waals surface area contributed by atoms with E-state index in [9.17, 15) is 4.79 Å². The molecule has 0 bridgehead atoms. The zero-order valence-corrected chi connectivity index (χ0v) is 12.1. The molecule has 0 aliphatic carbocycles. The zero-order chi connectivity index (χ0) is 14.2. The van der Waals surface area contributed by atoms with E-state index < -0.39 is 0 Å². The van der Waals surface area contributed by atoms with Crippen molar-refractivity contribution in [2.24, 2.45) is 0 Å². The highest BCUT2D eigenvalue weighted by Crippen LogP contribution is 2.21. The summed E-state index contributed by atoms with van der Waals surface area (Å²) in [5.41, 5.74) is 1.24. The van der Waals surface area contributed by atoms with Crippen LogP contribution in [-0.2, 0) is 11.2 Å². The van der Waals surface area contributed by atoms with Gasteiger partial charge in [-0.3, -0.25) is 10.1 Å². The fraction of sp³-hybridized carbons (Fsp3) is 0.125. The molecule has 1 heterocycles. The summed E-state index contributed by atoms with van der Waals surface area (Å²) >= 11 is 1.50. The van der Waals surface area contributed by atoms with Gasteiger partial charge in [0.15, 0.2) is 5.13 Å². The summed E-state index contributed by atoms with van der Waals surface area (Å²) in [4.78, 5) is 16.9. The van der Waals surface area contributed by atoms with Crippen LogP contribution < -0.4 is 5.32 Å². The SMILES string of the molecule is C/C=C/C=C/C(=O)Nc1ncc(Cc2ccccc2)s1. The number of hydrogen-bond acceptors (Lipinski definition) is 3. The third-order valence-corrected chi connectivity index (χ3v) is 3.47. The molecule has 0 unspecified atom stereocenters. The van der Waals surface area contributed by atoms with Crippen LogP contribution in [0.15, 0.2) is 60.8 Å². The van der Waals surface area contributed by atoms with Gasteiger partial charge in [-0.1, -0.05) is 48.6 Å². The number of anilines is 1. The summed E-state index contributed by atoms with van der Waals surface area (Å²) in [6.45, 7) is 1.90.